The average Bonchev–Trinajstić information content (AvgIpc) is 2.39. The second kappa shape index (κ2) is 5.29. The van der Waals surface area contributed by atoms with E-state index in [2.05, 4.69) is 51.7 Å². The van der Waals surface area contributed by atoms with Crippen molar-refractivity contribution in [2.24, 2.45) is 0 Å². The van der Waals surface area contributed by atoms with Crippen LogP contribution in [-0.4, -0.2) is 24.2 Å². The Balaban J connectivity index is 2.70. The molecule has 0 aliphatic carbocycles. The van der Waals surface area contributed by atoms with Gasteiger partial charge in [0, 0.05) is 11.2 Å². The van der Waals surface area contributed by atoms with E-state index in [0.29, 0.717) is 5.92 Å². The highest BCUT2D eigenvalue weighted by molar-refractivity contribution is 5.86. The summed E-state index contributed by atoms with van der Waals surface area (Å²) in [6.07, 6.45) is 1.02. The summed E-state index contributed by atoms with van der Waals surface area (Å²) in [5.74, 6) is 0.285. The summed E-state index contributed by atoms with van der Waals surface area (Å²) in [5.41, 5.74) is 4.26. The molecule has 22 heavy (non-hydrogen) atoms. The van der Waals surface area contributed by atoms with E-state index in [9.17, 15) is 4.79 Å². The SMILES string of the molecule is COC(=O)C(C)(C)N1c2cc(C)c(C)cc2[C@H](C)CC1(C)C. The number of methoxy groups -OCH3 is 1. The fourth-order valence-corrected chi connectivity index (χ4v) is 4.09. The zero-order chi connectivity index (χ0) is 16.9. The molecule has 1 aromatic rings. The Morgan fingerprint density at radius 1 is 1.27 bits per heavy atom. The van der Waals surface area contributed by atoms with Crippen molar-refractivity contribution in [3.05, 3.63) is 28.8 Å². The first-order chi connectivity index (χ1) is 10.0. The Labute approximate surface area is 134 Å². The topological polar surface area (TPSA) is 29.5 Å². The molecule has 0 radical (unpaired) electrons. The van der Waals surface area contributed by atoms with Crippen LogP contribution in [0.2, 0.25) is 0 Å². The van der Waals surface area contributed by atoms with Crippen LogP contribution in [0.3, 0.4) is 0 Å². The lowest BCUT2D eigenvalue weighted by molar-refractivity contribution is -0.146. The third-order valence-electron chi connectivity index (χ3n) is 5.07. The van der Waals surface area contributed by atoms with E-state index in [-0.39, 0.29) is 11.5 Å². The molecule has 0 unspecified atom stereocenters. The van der Waals surface area contributed by atoms with Gasteiger partial charge in [0.25, 0.3) is 0 Å². The molecule has 122 valence electrons. The van der Waals surface area contributed by atoms with Crippen LogP contribution >= 0.6 is 0 Å². The third kappa shape index (κ3) is 2.51. The Hall–Kier alpha value is -1.51. The number of nitrogens with zero attached hydrogens (tertiary/aromatic N) is 1. The van der Waals surface area contributed by atoms with Gasteiger partial charge in [-0.2, -0.15) is 0 Å². The molecule has 1 heterocycles. The summed E-state index contributed by atoms with van der Waals surface area (Å²) in [6.45, 7) is 14.9. The Kier molecular flexibility index (Phi) is 4.05. The van der Waals surface area contributed by atoms with Crippen molar-refractivity contribution in [2.75, 3.05) is 12.0 Å². The maximum Gasteiger partial charge on any atom is 0.331 e. The van der Waals surface area contributed by atoms with Gasteiger partial charge in [-0.1, -0.05) is 13.0 Å². The van der Waals surface area contributed by atoms with Crippen LogP contribution in [0.15, 0.2) is 12.1 Å². The minimum absolute atomic E-state index is 0.105. The molecule has 0 amide bonds. The molecule has 2 rings (SSSR count). The summed E-state index contributed by atoms with van der Waals surface area (Å²) in [7, 11) is 1.46. The van der Waals surface area contributed by atoms with Crippen LogP contribution in [0.1, 0.15) is 63.6 Å². The molecule has 3 nitrogen and oxygen atoms in total. The van der Waals surface area contributed by atoms with Gasteiger partial charge >= 0.3 is 5.97 Å². The normalized spacial score (nSPS) is 20.5. The van der Waals surface area contributed by atoms with Crippen LogP contribution in [-0.2, 0) is 9.53 Å². The molecular weight excluding hydrogens is 274 g/mol. The monoisotopic (exact) mass is 303 g/mol. The predicted molar refractivity (Wildman–Crippen MR) is 91.6 cm³/mol. The highest BCUT2D eigenvalue weighted by atomic mass is 16.5. The Bertz CT molecular complexity index is 602. The quantitative estimate of drug-likeness (QED) is 0.761. The highest BCUT2D eigenvalue weighted by Crippen LogP contribution is 2.47. The second-order valence-electron chi connectivity index (χ2n) is 7.80. The standard InChI is InChI=1S/C19H29NO2/c1-12-9-15-14(3)11-18(4,5)20(16(15)10-13(12)2)19(6,7)17(21)22-8/h9-10,14H,11H2,1-8H3/t14-/m1/s1. The van der Waals surface area contributed by atoms with Crippen LogP contribution in [0, 0.1) is 13.8 Å². The first-order valence-electron chi connectivity index (χ1n) is 8.02. The molecule has 1 aliphatic heterocycles. The first-order valence-corrected chi connectivity index (χ1v) is 8.02. The minimum Gasteiger partial charge on any atom is -0.467 e. The van der Waals surface area contributed by atoms with Crippen molar-refractivity contribution in [1.82, 2.24) is 0 Å². The zero-order valence-electron chi connectivity index (χ0n) is 15.2. The number of rotatable bonds is 2. The number of esters is 1. The van der Waals surface area contributed by atoms with Crippen LogP contribution in [0.5, 0.6) is 0 Å². The molecule has 0 saturated carbocycles. The fraction of sp³-hybridized carbons (Fsp3) is 0.632. The average molecular weight is 303 g/mol. The molecule has 0 aromatic heterocycles. The summed E-state index contributed by atoms with van der Waals surface area (Å²) in [6, 6.07) is 4.51. The lowest BCUT2D eigenvalue weighted by atomic mass is 9.76. The number of ether oxygens (including phenoxy) is 1. The van der Waals surface area contributed by atoms with Crippen molar-refractivity contribution in [3.63, 3.8) is 0 Å². The van der Waals surface area contributed by atoms with Gasteiger partial charge in [-0.25, -0.2) is 4.79 Å². The van der Waals surface area contributed by atoms with E-state index in [0.717, 1.165) is 6.42 Å². The summed E-state index contributed by atoms with van der Waals surface area (Å²) >= 11 is 0. The van der Waals surface area contributed by atoms with Crippen molar-refractivity contribution in [1.29, 1.82) is 0 Å². The molecule has 0 fully saturated rings. The van der Waals surface area contributed by atoms with Crippen molar-refractivity contribution in [2.45, 2.75) is 71.9 Å². The zero-order valence-corrected chi connectivity index (χ0v) is 15.2. The van der Waals surface area contributed by atoms with E-state index >= 15 is 0 Å². The number of aryl methyl sites for hydroxylation is 2. The van der Waals surface area contributed by atoms with Gasteiger partial charge in [-0.15, -0.1) is 0 Å². The second-order valence-corrected chi connectivity index (χ2v) is 7.80. The number of carbonyl (C=O) groups is 1. The van der Waals surface area contributed by atoms with Crippen LogP contribution in [0.4, 0.5) is 5.69 Å². The molecule has 1 atom stereocenters. The van der Waals surface area contributed by atoms with E-state index in [1.54, 1.807) is 0 Å². The summed E-state index contributed by atoms with van der Waals surface area (Å²) < 4.78 is 5.08. The van der Waals surface area contributed by atoms with Gasteiger partial charge in [0.1, 0.15) is 5.54 Å². The van der Waals surface area contributed by atoms with Gasteiger partial charge in [-0.3, -0.25) is 0 Å². The van der Waals surface area contributed by atoms with Crippen molar-refractivity contribution >= 4 is 11.7 Å². The van der Waals surface area contributed by atoms with Gasteiger partial charge in [-0.05, 0) is 76.6 Å². The maximum absolute atomic E-state index is 12.4. The summed E-state index contributed by atoms with van der Waals surface area (Å²) in [4.78, 5) is 14.7. The van der Waals surface area contributed by atoms with Gasteiger partial charge in [0.05, 0.1) is 7.11 Å². The van der Waals surface area contributed by atoms with E-state index < -0.39 is 5.54 Å². The molecule has 1 aromatic carbocycles. The van der Waals surface area contributed by atoms with E-state index in [4.69, 9.17) is 4.74 Å². The maximum atomic E-state index is 12.4. The number of fused-ring (bicyclic) bond motifs is 1. The van der Waals surface area contributed by atoms with Gasteiger partial charge < -0.3 is 9.64 Å². The Morgan fingerprint density at radius 3 is 2.36 bits per heavy atom. The molecule has 3 heteroatoms. The first kappa shape index (κ1) is 16.9. The number of benzene rings is 1. The van der Waals surface area contributed by atoms with Gasteiger partial charge in [0.2, 0.25) is 0 Å². The predicted octanol–water partition coefficient (Wildman–Crippen LogP) is 4.35. The fourth-order valence-electron chi connectivity index (χ4n) is 4.09. The van der Waals surface area contributed by atoms with Crippen molar-refractivity contribution in [3.8, 4) is 0 Å². The lowest BCUT2D eigenvalue weighted by Crippen LogP contribution is -2.62. The molecule has 0 bridgehead atoms. The van der Waals surface area contributed by atoms with E-state index in [1.807, 2.05) is 13.8 Å². The Morgan fingerprint density at radius 2 is 1.82 bits per heavy atom. The molecule has 1 aliphatic rings. The molecule has 0 saturated heterocycles. The van der Waals surface area contributed by atoms with Gasteiger partial charge in [0.15, 0.2) is 0 Å². The number of hydrogen-bond donors (Lipinski definition) is 0. The van der Waals surface area contributed by atoms with Crippen LogP contribution < -0.4 is 4.90 Å². The largest absolute Gasteiger partial charge is 0.467 e. The minimum atomic E-state index is -0.700. The summed E-state index contributed by atoms with van der Waals surface area (Å²) in [5, 5.41) is 0. The molecular formula is C19H29NO2. The third-order valence-corrected chi connectivity index (χ3v) is 5.07. The molecule has 0 N–H and O–H groups in total. The van der Waals surface area contributed by atoms with Crippen LogP contribution in [0.25, 0.3) is 0 Å². The smallest absolute Gasteiger partial charge is 0.331 e. The van der Waals surface area contributed by atoms with E-state index in [1.165, 1.54) is 29.5 Å². The van der Waals surface area contributed by atoms with Crippen molar-refractivity contribution < 1.29 is 9.53 Å². The lowest BCUT2D eigenvalue weighted by Gasteiger charge is -2.53. The number of hydrogen-bond acceptors (Lipinski definition) is 3. The molecule has 0 spiro atoms. The highest BCUT2D eigenvalue weighted by Gasteiger charge is 2.47. The number of carbonyl (C=O) groups excluding carboxylic acids is 1. The number of anilines is 1.